The molecule has 2 heterocycles. The van der Waals surface area contributed by atoms with E-state index in [4.69, 9.17) is 4.74 Å². The van der Waals surface area contributed by atoms with Gasteiger partial charge in [-0.25, -0.2) is 13.1 Å². The van der Waals surface area contributed by atoms with Crippen LogP contribution < -0.4 is 9.46 Å². The fourth-order valence-corrected chi connectivity index (χ4v) is 7.21. The van der Waals surface area contributed by atoms with Gasteiger partial charge < -0.3 is 14.7 Å². The number of fused-ring (bicyclic) bond motifs is 1. The van der Waals surface area contributed by atoms with Crippen LogP contribution in [0.5, 0.6) is 5.75 Å². The second-order valence-electron chi connectivity index (χ2n) is 11.8. The molecule has 0 spiro atoms. The van der Waals surface area contributed by atoms with Crippen molar-refractivity contribution >= 4 is 15.9 Å². The number of likely N-dealkylation sites (tertiary alicyclic amines) is 1. The van der Waals surface area contributed by atoms with Gasteiger partial charge in [-0.15, -0.1) is 0 Å². The van der Waals surface area contributed by atoms with Crippen molar-refractivity contribution in [1.82, 2.24) is 14.5 Å². The predicted octanol–water partition coefficient (Wildman–Crippen LogP) is 4.54. The molecule has 1 saturated heterocycles. The Labute approximate surface area is 249 Å². The minimum atomic E-state index is -3.98. The predicted molar refractivity (Wildman–Crippen MR) is 163 cm³/mol. The third-order valence-electron chi connectivity index (χ3n) is 8.46. The molecule has 9 heteroatoms. The van der Waals surface area contributed by atoms with Crippen LogP contribution in [0.2, 0.25) is 0 Å². The topological polar surface area (TPSA) is 99.2 Å². The number of amides is 1. The average Bonchev–Trinajstić information content (AvgIpc) is 3.43. The van der Waals surface area contributed by atoms with E-state index in [9.17, 15) is 18.3 Å². The maximum absolute atomic E-state index is 13.9. The number of sulfonamides is 1. The fourth-order valence-electron chi connectivity index (χ4n) is 5.99. The van der Waals surface area contributed by atoms with Gasteiger partial charge in [-0.1, -0.05) is 49.4 Å². The van der Waals surface area contributed by atoms with Crippen molar-refractivity contribution in [3.63, 3.8) is 0 Å². The summed E-state index contributed by atoms with van der Waals surface area (Å²) in [6, 6.07) is 21.2. The van der Waals surface area contributed by atoms with Gasteiger partial charge in [0.15, 0.2) is 0 Å². The molecule has 3 aromatic carbocycles. The summed E-state index contributed by atoms with van der Waals surface area (Å²) in [6.45, 7) is 10.5. The van der Waals surface area contributed by atoms with E-state index in [-0.39, 0.29) is 16.8 Å². The molecule has 2 aliphatic heterocycles. The first-order valence-corrected chi connectivity index (χ1v) is 16.2. The van der Waals surface area contributed by atoms with Crippen LogP contribution >= 0.6 is 0 Å². The van der Waals surface area contributed by atoms with Crippen LogP contribution in [0.1, 0.15) is 67.2 Å². The minimum absolute atomic E-state index is 0.0726. The Kier molecular flexibility index (Phi) is 8.76. The molecule has 1 fully saturated rings. The number of aliphatic hydroxyl groups is 1. The van der Waals surface area contributed by atoms with Gasteiger partial charge in [0.1, 0.15) is 17.5 Å². The summed E-state index contributed by atoms with van der Waals surface area (Å²) in [5, 5.41) is 11.3. The molecule has 8 nitrogen and oxygen atoms in total. The fraction of sp³-hybridized carbons (Fsp3) is 0.424. The molecule has 0 aromatic heterocycles. The summed E-state index contributed by atoms with van der Waals surface area (Å²) in [5.74, 6) is 0.316. The first kappa shape index (κ1) is 30.2. The Morgan fingerprint density at radius 1 is 1.05 bits per heavy atom. The van der Waals surface area contributed by atoms with Crippen LogP contribution in [0.4, 0.5) is 0 Å². The highest BCUT2D eigenvalue weighted by atomic mass is 32.2. The summed E-state index contributed by atoms with van der Waals surface area (Å²) in [5.41, 5.74) is 2.09. The van der Waals surface area contributed by atoms with Gasteiger partial charge in [0, 0.05) is 43.3 Å². The van der Waals surface area contributed by atoms with Crippen molar-refractivity contribution in [2.45, 2.75) is 75.8 Å². The molecule has 42 heavy (non-hydrogen) atoms. The summed E-state index contributed by atoms with van der Waals surface area (Å²) in [7, 11) is -3.98. The quantitative estimate of drug-likeness (QED) is 0.379. The molecular formula is C33H41N3O5S. The molecule has 3 aromatic rings. The lowest BCUT2D eigenvalue weighted by molar-refractivity contribution is -0.0603. The van der Waals surface area contributed by atoms with Gasteiger partial charge >= 0.3 is 0 Å². The van der Waals surface area contributed by atoms with Gasteiger partial charge in [-0.05, 0) is 75.1 Å². The molecule has 0 unspecified atom stereocenters. The zero-order chi connectivity index (χ0) is 30.1. The number of nitrogens with one attached hydrogen (secondary N) is 1. The van der Waals surface area contributed by atoms with Crippen LogP contribution in [0, 0.1) is 0 Å². The van der Waals surface area contributed by atoms with Crippen LogP contribution in [-0.4, -0.2) is 66.6 Å². The molecule has 0 radical (unpaired) electrons. The van der Waals surface area contributed by atoms with E-state index in [2.05, 4.69) is 21.8 Å². The van der Waals surface area contributed by atoms with Crippen LogP contribution in [-0.2, 0) is 23.0 Å². The summed E-state index contributed by atoms with van der Waals surface area (Å²) < 4.78 is 35.7. The smallest absolute Gasteiger partial charge is 0.254 e. The van der Waals surface area contributed by atoms with E-state index >= 15 is 0 Å². The summed E-state index contributed by atoms with van der Waals surface area (Å²) in [6.07, 6.45) is 0.488. The van der Waals surface area contributed by atoms with Crippen LogP contribution in [0.25, 0.3) is 0 Å². The molecule has 2 N–H and O–H groups in total. The lowest BCUT2D eigenvalue weighted by Crippen LogP contribution is -2.53. The third kappa shape index (κ3) is 6.24. The Hall–Kier alpha value is -3.24. The third-order valence-corrected chi connectivity index (χ3v) is 9.91. The number of rotatable bonds is 9. The van der Waals surface area contributed by atoms with Crippen molar-refractivity contribution in [2.75, 3.05) is 19.6 Å². The highest BCUT2D eigenvalue weighted by Gasteiger charge is 2.45. The summed E-state index contributed by atoms with van der Waals surface area (Å²) >= 11 is 0. The molecule has 0 aliphatic carbocycles. The molecule has 5 rings (SSSR count). The van der Waals surface area contributed by atoms with E-state index in [1.54, 1.807) is 56.3 Å². The Morgan fingerprint density at radius 3 is 2.43 bits per heavy atom. The van der Waals surface area contributed by atoms with E-state index in [0.717, 1.165) is 38.0 Å². The zero-order valence-corrected chi connectivity index (χ0v) is 25.6. The van der Waals surface area contributed by atoms with E-state index in [1.807, 2.05) is 36.9 Å². The Bertz CT molecular complexity index is 1510. The maximum atomic E-state index is 13.9. The monoisotopic (exact) mass is 591 g/mol. The molecular weight excluding hydrogens is 550 g/mol. The molecule has 0 bridgehead atoms. The Balaban J connectivity index is 1.39. The first-order valence-electron chi connectivity index (χ1n) is 14.7. The highest BCUT2D eigenvalue weighted by Crippen LogP contribution is 2.41. The average molecular weight is 592 g/mol. The highest BCUT2D eigenvalue weighted by molar-refractivity contribution is 7.89. The number of carbonyl (C=O) groups is 1. The number of ether oxygens (including phenoxy) is 1. The molecule has 0 saturated carbocycles. The number of aryl methyl sites for hydroxylation is 1. The number of benzene rings is 3. The van der Waals surface area contributed by atoms with Crippen molar-refractivity contribution in [1.29, 1.82) is 0 Å². The molecule has 2 aliphatic rings. The normalized spacial score (nSPS) is 21.9. The van der Waals surface area contributed by atoms with E-state index in [1.165, 1.54) is 5.56 Å². The minimum Gasteiger partial charge on any atom is -0.485 e. The lowest BCUT2D eigenvalue weighted by Gasteiger charge is -2.42. The molecule has 3 atom stereocenters. The number of likely N-dealkylation sites (N-methyl/N-ethyl adjacent to an activating group) is 1. The standard InChI is InChI=1S/C33H41N3O5S/c1-5-23-12-15-27(16-13-23)42(39,40)34-30-28-20-25(14-17-29(28)41-33(3,4)31(30)37)32(38)36(6-2)26-18-19-35(22-26)21-24-10-8-7-9-11-24/h7-17,20,26,30-31,34,37H,5-6,18-19,21-22H2,1-4H3/t26-,30-,31+/m0/s1. The number of hydrogen-bond acceptors (Lipinski definition) is 6. The van der Waals surface area contributed by atoms with E-state index in [0.29, 0.717) is 23.4 Å². The lowest BCUT2D eigenvalue weighted by atomic mass is 9.86. The second-order valence-corrected chi connectivity index (χ2v) is 13.5. The summed E-state index contributed by atoms with van der Waals surface area (Å²) in [4.78, 5) is 18.2. The van der Waals surface area contributed by atoms with Gasteiger partial charge in [-0.3, -0.25) is 9.69 Å². The van der Waals surface area contributed by atoms with Gasteiger partial charge in [0.2, 0.25) is 10.0 Å². The maximum Gasteiger partial charge on any atom is 0.254 e. The van der Waals surface area contributed by atoms with Crippen LogP contribution in [0.3, 0.4) is 0 Å². The molecule has 224 valence electrons. The van der Waals surface area contributed by atoms with Gasteiger partial charge in [0.25, 0.3) is 5.91 Å². The number of carbonyl (C=O) groups excluding carboxylic acids is 1. The van der Waals surface area contributed by atoms with Gasteiger partial charge in [0.05, 0.1) is 10.9 Å². The van der Waals surface area contributed by atoms with E-state index < -0.39 is 27.8 Å². The van der Waals surface area contributed by atoms with Crippen molar-refractivity contribution < 1.29 is 23.1 Å². The molecule has 1 amide bonds. The Morgan fingerprint density at radius 2 is 1.76 bits per heavy atom. The number of nitrogens with zero attached hydrogens (tertiary/aromatic N) is 2. The SMILES string of the molecule is CCc1ccc(S(=O)(=O)N[C@H]2c3cc(C(=O)N(CC)[C@H]4CCN(Cc5ccccc5)C4)ccc3OC(C)(C)[C@@H]2O)cc1. The van der Waals surface area contributed by atoms with Crippen molar-refractivity contribution in [3.05, 3.63) is 95.1 Å². The largest absolute Gasteiger partial charge is 0.485 e. The first-order chi connectivity index (χ1) is 20.0. The second kappa shape index (κ2) is 12.2. The zero-order valence-electron chi connectivity index (χ0n) is 24.8. The number of aliphatic hydroxyl groups excluding tert-OH is 1. The van der Waals surface area contributed by atoms with Crippen molar-refractivity contribution in [2.24, 2.45) is 0 Å². The van der Waals surface area contributed by atoms with Gasteiger partial charge in [-0.2, -0.15) is 0 Å². The van der Waals surface area contributed by atoms with Crippen molar-refractivity contribution in [3.8, 4) is 5.75 Å². The van der Waals surface area contributed by atoms with Crippen LogP contribution in [0.15, 0.2) is 77.7 Å². The number of hydrogen-bond donors (Lipinski definition) is 2.